The molecule has 4 heteroatoms. The van der Waals surface area contributed by atoms with Gasteiger partial charge < -0.3 is 10.5 Å². The molecule has 0 saturated carbocycles. The highest BCUT2D eigenvalue weighted by atomic mass is 35.5. The number of aryl methyl sites for hydroxylation is 1. The normalized spacial score (nSPS) is 10.5. The number of rotatable bonds is 4. The molecule has 2 N–H and O–H groups in total. The highest BCUT2D eigenvalue weighted by Gasteiger charge is 2.12. The van der Waals surface area contributed by atoms with Crippen LogP contribution in [0.15, 0.2) is 36.4 Å². The van der Waals surface area contributed by atoms with Crippen molar-refractivity contribution in [3.05, 3.63) is 58.4 Å². The van der Waals surface area contributed by atoms with Crippen LogP contribution in [0.1, 0.15) is 11.1 Å². The lowest BCUT2D eigenvalue weighted by atomic mass is 10.1. The maximum Gasteiger partial charge on any atom is 0.165 e. The van der Waals surface area contributed by atoms with Crippen molar-refractivity contribution in [1.82, 2.24) is 0 Å². The van der Waals surface area contributed by atoms with Crippen LogP contribution >= 0.6 is 11.6 Å². The molecule has 0 heterocycles. The summed E-state index contributed by atoms with van der Waals surface area (Å²) in [5, 5.41) is 0.451. The molecule has 0 unspecified atom stereocenters. The second kappa shape index (κ2) is 6.04. The van der Waals surface area contributed by atoms with Crippen LogP contribution in [-0.2, 0) is 6.42 Å². The summed E-state index contributed by atoms with van der Waals surface area (Å²) in [7, 11) is 0. The van der Waals surface area contributed by atoms with Crippen molar-refractivity contribution in [2.75, 3.05) is 6.54 Å². The molecule has 0 spiro atoms. The van der Waals surface area contributed by atoms with Gasteiger partial charge in [-0.3, -0.25) is 0 Å². The van der Waals surface area contributed by atoms with Gasteiger partial charge in [0.2, 0.25) is 0 Å². The van der Waals surface area contributed by atoms with Crippen molar-refractivity contribution in [3.63, 3.8) is 0 Å². The van der Waals surface area contributed by atoms with Gasteiger partial charge in [0.1, 0.15) is 5.75 Å². The summed E-state index contributed by atoms with van der Waals surface area (Å²) in [6, 6.07) is 10.1. The Kier molecular flexibility index (Phi) is 4.40. The lowest BCUT2D eigenvalue weighted by Crippen LogP contribution is -2.04. The van der Waals surface area contributed by atoms with Gasteiger partial charge in [0.15, 0.2) is 11.6 Å². The topological polar surface area (TPSA) is 35.2 Å². The zero-order chi connectivity index (χ0) is 13.8. The Bertz CT molecular complexity index is 586. The zero-order valence-electron chi connectivity index (χ0n) is 10.6. The highest BCUT2D eigenvalue weighted by Crippen LogP contribution is 2.34. The Labute approximate surface area is 117 Å². The molecular formula is C15H15ClFNO. The molecule has 0 aliphatic carbocycles. The fourth-order valence-corrected chi connectivity index (χ4v) is 2.05. The number of ether oxygens (including phenoxy) is 1. The smallest absolute Gasteiger partial charge is 0.165 e. The monoisotopic (exact) mass is 279 g/mol. The number of benzene rings is 2. The Morgan fingerprint density at radius 2 is 2.05 bits per heavy atom. The predicted octanol–water partition coefficient (Wildman–Crippen LogP) is 4.08. The van der Waals surface area contributed by atoms with Crippen LogP contribution in [0, 0.1) is 12.7 Å². The third-order valence-corrected chi connectivity index (χ3v) is 3.06. The third-order valence-electron chi connectivity index (χ3n) is 2.76. The van der Waals surface area contributed by atoms with E-state index in [4.69, 9.17) is 22.1 Å². The molecule has 19 heavy (non-hydrogen) atoms. The van der Waals surface area contributed by atoms with Gasteiger partial charge in [0.05, 0.1) is 5.02 Å². The van der Waals surface area contributed by atoms with Crippen LogP contribution in [0.25, 0.3) is 0 Å². The predicted molar refractivity (Wildman–Crippen MR) is 75.4 cm³/mol. The molecule has 2 aromatic rings. The van der Waals surface area contributed by atoms with E-state index in [1.54, 1.807) is 18.2 Å². The maximum atomic E-state index is 13.7. The molecule has 0 fully saturated rings. The minimum Gasteiger partial charge on any atom is -0.452 e. The molecule has 0 aliphatic heterocycles. The number of hydrogen-bond acceptors (Lipinski definition) is 2. The number of halogens is 2. The van der Waals surface area contributed by atoms with Crippen LogP contribution in [0.3, 0.4) is 0 Å². The number of hydrogen-bond donors (Lipinski definition) is 1. The van der Waals surface area contributed by atoms with Gasteiger partial charge in [-0.05, 0) is 49.2 Å². The van der Waals surface area contributed by atoms with E-state index in [0.717, 1.165) is 11.1 Å². The third kappa shape index (κ3) is 3.25. The van der Waals surface area contributed by atoms with Crippen molar-refractivity contribution < 1.29 is 9.13 Å². The molecule has 0 saturated heterocycles. The standard InChI is InChI=1S/C15H15ClFNO/c1-10-5-6-13(17)14(9-10)19-15-11(7-8-18)3-2-4-12(15)16/h2-6,9H,7-8,18H2,1H3. The Morgan fingerprint density at radius 3 is 2.79 bits per heavy atom. The van der Waals surface area contributed by atoms with Crippen molar-refractivity contribution in [2.24, 2.45) is 5.73 Å². The Morgan fingerprint density at radius 1 is 1.26 bits per heavy atom. The van der Waals surface area contributed by atoms with E-state index in [9.17, 15) is 4.39 Å². The van der Waals surface area contributed by atoms with E-state index in [1.165, 1.54) is 6.07 Å². The van der Waals surface area contributed by atoms with Gasteiger partial charge in [0.25, 0.3) is 0 Å². The van der Waals surface area contributed by atoms with Crippen LogP contribution in [0.5, 0.6) is 11.5 Å². The summed E-state index contributed by atoms with van der Waals surface area (Å²) in [5.74, 6) is 0.231. The molecule has 100 valence electrons. The molecule has 2 nitrogen and oxygen atoms in total. The largest absolute Gasteiger partial charge is 0.452 e. The lowest BCUT2D eigenvalue weighted by Gasteiger charge is -2.13. The van der Waals surface area contributed by atoms with Gasteiger partial charge >= 0.3 is 0 Å². The Hall–Kier alpha value is -1.58. The van der Waals surface area contributed by atoms with Gasteiger partial charge in [-0.1, -0.05) is 29.8 Å². The molecule has 0 amide bonds. The maximum absolute atomic E-state index is 13.7. The summed E-state index contributed by atoms with van der Waals surface area (Å²) >= 11 is 6.12. The molecule has 0 aliphatic rings. The van der Waals surface area contributed by atoms with Crippen LogP contribution < -0.4 is 10.5 Å². The summed E-state index contributed by atoms with van der Waals surface area (Å²) < 4.78 is 19.4. The first kappa shape index (κ1) is 13.8. The van der Waals surface area contributed by atoms with E-state index < -0.39 is 5.82 Å². The summed E-state index contributed by atoms with van der Waals surface area (Å²) in [6.07, 6.45) is 0.628. The minimum atomic E-state index is -0.413. The zero-order valence-corrected chi connectivity index (χ0v) is 11.4. The molecule has 2 rings (SSSR count). The van der Waals surface area contributed by atoms with Gasteiger partial charge in [-0.25, -0.2) is 4.39 Å². The van der Waals surface area contributed by atoms with Crippen LogP contribution in [0.4, 0.5) is 4.39 Å². The molecule has 0 aromatic heterocycles. The number of nitrogens with two attached hydrogens (primary N) is 1. The van der Waals surface area contributed by atoms with Gasteiger partial charge in [0, 0.05) is 0 Å². The minimum absolute atomic E-state index is 0.173. The fourth-order valence-electron chi connectivity index (χ4n) is 1.82. The average Bonchev–Trinajstić information content (AvgIpc) is 2.38. The van der Waals surface area contributed by atoms with E-state index in [-0.39, 0.29) is 5.75 Å². The van der Waals surface area contributed by atoms with E-state index in [1.807, 2.05) is 19.1 Å². The summed E-state index contributed by atoms with van der Waals surface area (Å²) in [6.45, 7) is 2.35. The van der Waals surface area contributed by atoms with E-state index in [0.29, 0.717) is 23.7 Å². The molecule has 0 bridgehead atoms. The fraction of sp³-hybridized carbons (Fsp3) is 0.200. The first-order valence-corrected chi connectivity index (χ1v) is 6.41. The van der Waals surface area contributed by atoms with Crippen molar-refractivity contribution in [1.29, 1.82) is 0 Å². The molecule has 0 radical (unpaired) electrons. The average molecular weight is 280 g/mol. The van der Waals surface area contributed by atoms with Crippen molar-refractivity contribution in [2.45, 2.75) is 13.3 Å². The highest BCUT2D eigenvalue weighted by molar-refractivity contribution is 6.32. The summed E-state index contributed by atoms with van der Waals surface area (Å²) in [5.41, 5.74) is 7.35. The van der Waals surface area contributed by atoms with E-state index >= 15 is 0 Å². The molecule has 2 aromatic carbocycles. The van der Waals surface area contributed by atoms with Crippen LogP contribution in [0.2, 0.25) is 5.02 Å². The quantitative estimate of drug-likeness (QED) is 0.915. The first-order chi connectivity index (χ1) is 9.11. The van der Waals surface area contributed by atoms with Gasteiger partial charge in [-0.2, -0.15) is 0 Å². The van der Waals surface area contributed by atoms with Gasteiger partial charge in [-0.15, -0.1) is 0 Å². The molecule has 0 atom stereocenters. The first-order valence-electron chi connectivity index (χ1n) is 6.03. The SMILES string of the molecule is Cc1ccc(F)c(Oc2c(Cl)cccc2CCN)c1. The number of para-hydroxylation sites is 1. The van der Waals surface area contributed by atoms with E-state index in [2.05, 4.69) is 0 Å². The Balaban J connectivity index is 2.39. The van der Waals surface area contributed by atoms with Crippen molar-refractivity contribution in [3.8, 4) is 11.5 Å². The second-order valence-electron chi connectivity index (χ2n) is 4.30. The molecular weight excluding hydrogens is 265 g/mol. The van der Waals surface area contributed by atoms with Crippen molar-refractivity contribution >= 4 is 11.6 Å². The van der Waals surface area contributed by atoms with Crippen LogP contribution in [-0.4, -0.2) is 6.54 Å². The lowest BCUT2D eigenvalue weighted by molar-refractivity contribution is 0.437. The second-order valence-corrected chi connectivity index (χ2v) is 4.71. The summed E-state index contributed by atoms with van der Waals surface area (Å²) in [4.78, 5) is 0.